The SMILES string of the molecule is CC(C)(c1ccc(-c2ccccn2)cc1)N(N)C[C@H](O)[C@@H](N)Cc1ccccc1. The molecule has 29 heavy (non-hydrogen) atoms. The van der Waals surface area contributed by atoms with E-state index < -0.39 is 11.6 Å². The summed E-state index contributed by atoms with van der Waals surface area (Å²) in [6.07, 6.45) is 1.66. The van der Waals surface area contributed by atoms with E-state index in [-0.39, 0.29) is 12.6 Å². The van der Waals surface area contributed by atoms with Crippen LogP contribution in [0.25, 0.3) is 11.3 Å². The second-order valence-electron chi connectivity index (χ2n) is 7.92. The molecule has 1 aromatic heterocycles. The molecule has 0 amide bonds. The standard InChI is InChI=1S/C24H30N4O/c1-24(2,20-13-11-19(12-14-20)22-10-6-7-15-27-22)28(26)17-23(29)21(25)16-18-8-4-3-5-9-18/h3-15,21,23,29H,16-17,25-26H2,1-2H3/t21-,23-/m0/s1. The van der Waals surface area contributed by atoms with E-state index in [2.05, 4.69) is 17.1 Å². The molecular weight excluding hydrogens is 360 g/mol. The first-order valence-corrected chi connectivity index (χ1v) is 9.90. The van der Waals surface area contributed by atoms with Crippen molar-refractivity contribution in [1.82, 2.24) is 9.99 Å². The molecule has 0 bridgehead atoms. The zero-order valence-electron chi connectivity index (χ0n) is 17.1. The Kier molecular flexibility index (Phi) is 6.77. The number of pyridine rings is 1. The van der Waals surface area contributed by atoms with Gasteiger partial charge in [0.1, 0.15) is 0 Å². The normalized spacial score (nSPS) is 14.0. The molecule has 152 valence electrons. The van der Waals surface area contributed by atoms with Gasteiger partial charge in [0.15, 0.2) is 0 Å². The van der Waals surface area contributed by atoms with Gasteiger partial charge >= 0.3 is 0 Å². The Balaban J connectivity index is 1.65. The fourth-order valence-corrected chi connectivity index (χ4v) is 3.34. The van der Waals surface area contributed by atoms with Crippen LogP contribution >= 0.6 is 0 Å². The van der Waals surface area contributed by atoms with Crippen molar-refractivity contribution in [3.63, 3.8) is 0 Å². The maximum atomic E-state index is 10.6. The van der Waals surface area contributed by atoms with Crippen LogP contribution in [-0.2, 0) is 12.0 Å². The predicted octanol–water partition coefficient (Wildman–Crippen LogP) is 3.09. The number of nitrogens with zero attached hydrogens (tertiary/aromatic N) is 2. The van der Waals surface area contributed by atoms with E-state index in [1.807, 2.05) is 74.5 Å². The van der Waals surface area contributed by atoms with Crippen molar-refractivity contribution in [2.45, 2.75) is 38.0 Å². The first-order chi connectivity index (χ1) is 13.9. The number of benzene rings is 2. The van der Waals surface area contributed by atoms with E-state index in [0.717, 1.165) is 22.4 Å². The van der Waals surface area contributed by atoms with E-state index in [4.69, 9.17) is 11.6 Å². The van der Waals surface area contributed by atoms with Gasteiger partial charge in [-0.3, -0.25) is 10.8 Å². The minimum absolute atomic E-state index is 0.281. The molecule has 0 fully saturated rings. The highest BCUT2D eigenvalue weighted by atomic mass is 16.3. The monoisotopic (exact) mass is 390 g/mol. The van der Waals surface area contributed by atoms with Gasteiger partial charge in [0, 0.05) is 24.3 Å². The van der Waals surface area contributed by atoms with Crippen LogP contribution < -0.4 is 11.6 Å². The van der Waals surface area contributed by atoms with Crippen LogP contribution in [0.1, 0.15) is 25.0 Å². The molecule has 5 N–H and O–H groups in total. The number of rotatable bonds is 8. The molecule has 0 spiro atoms. The molecule has 0 saturated heterocycles. The van der Waals surface area contributed by atoms with E-state index in [1.165, 1.54) is 0 Å². The Hall–Kier alpha value is -2.57. The van der Waals surface area contributed by atoms with Crippen molar-refractivity contribution in [2.24, 2.45) is 11.6 Å². The van der Waals surface area contributed by atoms with Crippen LogP contribution in [0.3, 0.4) is 0 Å². The Morgan fingerprint density at radius 3 is 2.24 bits per heavy atom. The lowest BCUT2D eigenvalue weighted by atomic mass is 9.91. The van der Waals surface area contributed by atoms with Crippen molar-refractivity contribution < 1.29 is 5.11 Å². The highest BCUT2D eigenvalue weighted by molar-refractivity contribution is 5.59. The van der Waals surface area contributed by atoms with Crippen molar-refractivity contribution in [3.8, 4) is 11.3 Å². The lowest BCUT2D eigenvalue weighted by Crippen LogP contribution is -2.53. The maximum absolute atomic E-state index is 10.6. The number of hydrazine groups is 1. The average Bonchev–Trinajstić information content (AvgIpc) is 2.75. The second-order valence-corrected chi connectivity index (χ2v) is 7.92. The van der Waals surface area contributed by atoms with Gasteiger partial charge in [0.2, 0.25) is 0 Å². The molecule has 0 aliphatic carbocycles. The Morgan fingerprint density at radius 2 is 1.62 bits per heavy atom. The number of nitrogens with two attached hydrogens (primary N) is 2. The molecule has 0 saturated carbocycles. The lowest BCUT2D eigenvalue weighted by molar-refractivity contribution is 0.0364. The van der Waals surface area contributed by atoms with Gasteiger partial charge in [0.25, 0.3) is 0 Å². The highest BCUT2D eigenvalue weighted by Crippen LogP contribution is 2.28. The smallest absolute Gasteiger partial charge is 0.0835 e. The molecule has 0 aliphatic rings. The number of hydrogen-bond acceptors (Lipinski definition) is 5. The quantitative estimate of drug-likeness (QED) is 0.406. The number of hydrogen-bond donors (Lipinski definition) is 3. The Bertz CT molecular complexity index is 882. The van der Waals surface area contributed by atoms with Gasteiger partial charge in [-0.1, -0.05) is 60.7 Å². The van der Waals surface area contributed by atoms with Gasteiger partial charge in [-0.15, -0.1) is 0 Å². The first-order valence-electron chi connectivity index (χ1n) is 9.90. The largest absolute Gasteiger partial charge is 0.390 e. The minimum Gasteiger partial charge on any atom is -0.390 e. The van der Waals surface area contributed by atoms with E-state index in [9.17, 15) is 5.11 Å². The predicted molar refractivity (Wildman–Crippen MR) is 118 cm³/mol. The van der Waals surface area contributed by atoms with Crippen LogP contribution in [0.15, 0.2) is 79.0 Å². The third kappa shape index (κ3) is 5.28. The summed E-state index contributed by atoms with van der Waals surface area (Å²) in [5.74, 6) is 6.37. The summed E-state index contributed by atoms with van der Waals surface area (Å²) in [5, 5.41) is 12.3. The van der Waals surface area contributed by atoms with Crippen LogP contribution in [0.4, 0.5) is 0 Å². The number of aliphatic hydroxyl groups is 1. The fraction of sp³-hybridized carbons (Fsp3) is 0.292. The summed E-state index contributed by atoms with van der Waals surface area (Å²) in [7, 11) is 0. The molecule has 5 nitrogen and oxygen atoms in total. The molecule has 2 atom stereocenters. The van der Waals surface area contributed by atoms with Crippen LogP contribution in [0.5, 0.6) is 0 Å². The third-order valence-electron chi connectivity index (χ3n) is 5.46. The van der Waals surface area contributed by atoms with E-state index in [0.29, 0.717) is 6.42 Å². The van der Waals surface area contributed by atoms with Crippen LogP contribution in [0, 0.1) is 0 Å². The zero-order valence-corrected chi connectivity index (χ0v) is 17.1. The number of aromatic nitrogens is 1. The second kappa shape index (κ2) is 9.29. The van der Waals surface area contributed by atoms with Crippen molar-refractivity contribution in [2.75, 3.05) is 6.54 Å². The molecule has 0 aliphatic heterocycles. The van der Waals surface area contributed by atoms with Crippen LogP contribution in [-0.4, -0.2) is 33.8 Å². The molecule has 0 unspecified atom stereocenters. The van der Waals surface area contributed by atoms with Gasteiger partial charge in [-0.25, -0.2) is 5.01 Å². The van der Waals surface area contributed by atoms with E-state index in [1.54, 1.807) is 11.2 Å². The van der Waals surface area contributed by atoms with E-state index >= 15 is 0 Å². The molecule has 0 radical (unpaired) electrons. The van der Waals surface area contributed by atoms with Gasteiger partial charge in [0.05, 0.1) is 17.3 Å². The highest BCUT2D eigenvalue weighted by Gasteiger charge is 2.29. The van der Waals surface area contributed by atoms with Crippen molar-refractivity contribution >= 4 is 0 Å². The lowest BCUT2D eigenvalue weighted by Gasteiger charge is -2.37. The number of aliphatic hydroxyl groups excluding tert-OH is 1. The summed E-state index contributed by atoms with van der Waals surface area (Å²) in [5.41, 5.74) is 9.91. The summed E-state index contributed by atoms with van der Waals surface area (Å²) in [6, 6.07) is 23.6. The third-order valence-corrected chi connectivity index (χ3v) is 5.46. The van der Waals surface area contributed by atoms with Gasteiger partial charge in [-0.05, 0) is 43.5 Å². The molecular formula is C24H30N4O. The summed E-state index contributed by atoms with van der Waals surface area (Å²) < 4.78 is 0. The Labute approximate surface area is 173 Å². The minimum atomic E-state index is -0.729. The summed E-state index contributed by atoms with van der Waals surface area (Å²) in [6.45, 7) is 4.36. The summed E-state index contributed by atoms with van der Waals surface area (Å²) >= 11 is 0. The fourth-order valence-electron chi connectivity index (χ4n) is 3.34. The van der Waals surface area contributed by atoms with Crippen LogP contribution in [0.2, 0.25) is 0 Å². The molecule has 2 aromatic carbocycles. The topological polar surface area (TPSA) is 88.4 Å². The first kappa shape index (κ1) is 21.1. The zero-order chi connectivity index (χ0) is 20.9. The van der Waals surface area contributed by atoms with Crippen molar-refractivity contribution in [3.05, 3.63) is 90.1 Å². The van der Waals surface area contributed by atoms with Crippen molar-refractivity contribution in [1.29, 1.82) is 0 Å². The Morgan fingerprint density at radius 1 is 0.966 bits per heavy atom. The van der Waals surface area contributed by atoms with Gasteiger partial charge < -0.3 is 10.8 Å². The van der Waals surface area contributed by atoms with Gasteiger partial charge in [-0.2, -0.15) is 0 Å². The molecule has 1 heterocycles. The summed E-state index contributed by atoms with van der Waals surface area (Å²) in [4.78, 5) is 4.39. The maximum Gasteiger partial charge on any atom is 0.0835 e. The molecule has 5 heteroatoms. The average molecular weight is 391 g/mol. The molecule has 3 aromatic rings. The molecule has 3 rings (SSSR count).